The Kier molecular flexibility index (Phi) is 6.50. The minimum Gasteiger partial charge on any atom is -0.445 e. The molecule has 9 heteroatoms. The number of carbonyl (C=O) groups is 1. The smallest absolute Gasteiger partial charge is 0.254 e. The van der Waals surface area contributed by atoms with Crippen LogP contribution in [0.5, 0.6) is 0 Å². The molecule has 2 aromatic carbocycles. The molecule has 0 aromatic heterocycles. The summed E-state index contributed by atoms with van der Waals surface area (Å²) in [5.74, 6) is -1.09. The van der Waals surface area contributed by atoms with Crippen LogP contribution in [-0.4, -0.2) is 37.0 Å². The van der Waals surface area contributed by atoms with E-state index in [-0.39, 0.29) is 28.2 Å². The molecule has 0 spiro atoms. The molecule has 0 saturated carbocycles. The van der Waals surface area contributed by atoms with E-state index < -0.39 is 5.92 Å². The summed E-state index contributed by atoms with van der Waals surface area (Å²) in [6.07, 6.45) is 0. The summed E-state index contributed by atoms with van der Waals surface area (Å²) in [4.78, 5) is 17.5. The van der Waals surface area contributed by atoms with Gasteiger partial charge in [-0.1, -0.05) is 35.3 Å². The zero-order valence-corrected chi connectivity index (χ0v) is 19.3. The fourth-order valence-corrected chi connectivity index (χ4v) is 4.62. The lowest BCUT2D eigenvalue weighted by molar-refractivity contribution is -0.128. The molecule has 170 valence electrons. The van der Waals surface area contributed by atoms with Crippen molar-refractivity contribution in [3.8, 4) is 6.07 Å². The molecule has 6 nitrogen and oxygen atoms in total. The Morgan fingerprint density at radius 2 is 1.82 bits per heavy atom. The summed E-state index contributed by atoms with van der Waals surface area (Å²) in [5.41, 5.74) is 7.82. The van der Waals surface area contributed by atoms with Crippen molar-refractivity contribution in [2.45, 2.75) is 12.8 Å². The Labute approximate surface area is 201 Å². The van der Waals surface area contributed by atoms with Crippen LogP contribution in [0.2, 0.25) is 10.0 Å². The molecule has 0 aliphatic carbocycles. The standard InChI is InChI=1S/C24H21Cl2FN4O2/c1-14-20(21(18(13-28)23(29)33-14)17-3-2-4-19(25)22(17)26)24(32)31-11-9-30(10-12-31)16-7-5-15(27)6-8-16/h2-8,21H,9-12,29H2,1H3/t21-/m0/s1. The van der Waals surface area contributed by atoms with Gasteiger partial charge >= 0.3 is 0 Å². The zero-order valence-electron chi connectivity index (χ0n) is 17.8. The van der Waals surface area contributed by atoms with Crippen LogP contribution in [0.1, 0.15) is 18.4 Å². The Morgan fingerprint density at radius 1 is 1.15 bits per heavy atom. The quantitative estimate of drug-likeness (QED) is 0.687. The molecule has 2 heterocycles. The van der Waals surface area contributed by atoms with Gasteiger partial charge in [-0.15, -0.1) is 0 Å². The predicted octanol–water partition coefficient (Wildman–Crippen LogP) is 4.56. The highest BCUT2D eigenvalue weighted by Gasteiger charge is 2.39. The van der Waals surface area contributed by atoms with Crippen molar-refractivity contribution in [3.05, 3.63) is 86.7 Å². The molecular weight excluding hydrogens is 466 g/mol. The number of halogens is 3. The van der Waals surface area contributed by atoms with E-state index in [2.05, 4.69) is 11.0 Å². The van der Waals surface area contributed by atoms with E-state index in [0.717, 1.165) is 5.69 Å². The number of ether oxygens (including phenoxy) is 1. The molecular formula is C24H21Cl2FN4O2. The first-order valence-electron chi connectivity index (χ1n) is 10.3. The SMILES string of the molecule is CC1=C(C(=O)N2CCN(c3ccc(F)cc3)CC2)[C@@H](c2cccc(Cl)c2Cl)C(C#N)=C(N)O1. The van der Waals surface area contributed by atoms with Gasteiger partial charge in [-0.2, -0.15) is 5.26 Å². The fourth-order valence-electron chi connectivity index (χ4n) is 4.20. The minimum atomic E-state index is -0.794. The molecule has 2 aromatic rings. The van der Waals surface area contributed by atoms with Gasteiger partial charge in [0.25, 0.3) is 5.91 Å². The number of allylic oxidation sites excluding steroid dienone is 2. The average Bonchev–Trinajstić information content (AvgIpc) is 2.81. The third kappa shape index (κ3) is 4.37. The van der Waals surface area contributed by atoms with Crippen molar-refractivity contribution in [1.82, 2.24) is 4.90 Å². The summed E-state index contributed by atoms with van der Waals surface area (Å²) in [6.45, 7) is 3.70. The maximum absolute atomic E-state index is 13.7. The molecule has 1 saturated heterocycles. The first-order chi connectivity index (χ1) is 15.8. The summed E-state index contributed by atoms with van der Waals surface area (Å²) < 4.78 is 18.8. The van der Waals surface area contributed by atoms with Crippen LogP contribution in [0.25, 0.3) is 0 Å². The van der Waals surface area contributed by atoms with Crippen molar-refractivity contribution in [2.75, 3.05) is 31.1 Å². The second-order valence-corrected chi connectivity index (χ2v) is 8.58. The topological polar surface area (TPSA) is 82.6 Å². The fraction of sp³-hybridized carbons (Fsp3) is 0.250. The van der Waals surface area contributed by atoms with E-state index in [4.69, 9.17) is 33.7 Å². The van der Waals surface area contributed by atoms with Crippen LogP contribution in [0, 0.1) is 17.1 Å². The number of nitriles is 1. The van der Waals surface area contributed by atoms with Crippen LogP contribution >= 0.6 is 23.2 Å². The van der Waals surface area contributed by atoms with Crippen molar-refractivity contribution in [2.24, 2.45) is 5.73 Å². The molecule has 0 unspecified atom stereocenters. The molecule has 2 aliphatic heterocycles. The third-order valence-corrected chi connectivity index (χ3v) is 6.72. The molecule has 4 rings (SSSR count). The van der Waals surface area contributed by atoms with E-state index >= 15 is 0 Å². The number of amides is 1. The monoisotopic (exact) mass is 486 g/mol. The second-order valence-electron chi connectivity index (χ2n) is 7.79. The van der Waals surface area contributed by atoms with Gasteiger partial charge in [-0.3, -0.25) is 4.79 Å². The number of hydrogen-bond acceptors (Lipinski definition) is 5. The highest BCUT2D eigenvalue weighted by Crippen LogP contribution is 2.44. The number of carbonyl (C=O) groups excluding carboxylic acids is 1. The van der Waals surface area contributed by atoms with Crippen LogP contribution in [-0.2, 0) is 9.53 Å². The van der Waals surface area contributed by atoms with Crippen molar-refractivity contribution in [1.29, 1.82) is 5.26 Å². The highest BCUT2D eigenvalue weighted by molar-refractivity contribution is 6.42. The molecule has 0 bridgehead atoms. The predicted molar refractivity (Wildman–Crippen MR) is 125 cm³/mol. The van der Waals surface area contributed by atoms with Gasteiger partial charge in [0.05, 0.1) is 21.5 Å². The third-order valence-electron chi connectivity index (χ3n) is 5.89. The van der Waals surface area contributed by atoms with Gasteiger partial charge in [0.1, 0.15) is 23.2 Å². The van der Waals surface area contributed by atoms with Gasteiger partial charge < -0.3 is 20.3 Å². The van der Waals surface area contributed by atoms with Crippen molar-refractivity contribution in [3.63, 3.8) is 0 Å². The molecule has 1 atom stereocenters. The number of benzene rings is 2. The first kappa shape index (κ1) is 23.0. The molecule has 1 fully saturated rings. The van der Waals surface area contributed by atoms with Gasteiger partial charge in [-0.25, -0.2) is 4.39 Å². The van der Waals surface area contributed by atoms with E-state index in [1.54, 1.807) is 42.2 Å². The van der Waals surface area contributed by atoms with Crippen LogP contribution < -0.4 is 10.6 Å². The second kappa shape index (κ2) is 9.34. The largest absolute Gasteiger partial charge is 0.445 e. The molecule has 33 heavy (non-hydrogen) atoms. The number of piperazine rings is 1. The molecule has 1 amide bonds. The number of nitrogens with zero attached hydrogens (tertiary/aromatic N) is 3. The summed E-state index contributed by atoms with van der Waals surface area (Å²) in [7, 11) is 0. The molecule has 2 N–H and O–H groups in total. The lowest BCUT2D eigenvalue weighted by Crippen LogP contribution is -2.50. The first-order valence-corrected chi connectivity index (χ1v) is 11.1. The Hall–Kier alpha value is -3.21. The van der Waals surface area contributed by atoms with Gasteiger partial charge in [0.2, 0.25) is 5.88 Å². The number of nitrogens with two attached hydrogens (primary N) is 1. The van der Waals surface area contributed by atoms with E-state index in [1.807, 2.05) is 0 Å². The molecule has 0 radical (unpaired) electrons. The van der Waals surface area contributed by atoms with Gasteiger partial charge in [0.15, 0.2) is 0 Å². The number of anilines is 1. The minimum absolute atomic E-state index is 0.0614. The number of hydrogen-bond donors (Lipinski definition) is 1. The normalized spacial score (nSPS) is 18.8. The van der Waals surface area contributed by atoms with Gasteiger partial charge in [-0.05, 0) is 42.8 Å². The zero-order chi connectivity index (χ0) is 23.7. The molecule has 2 aliphatic rings. The Bertz CT molecular complexity index is 1200. The lowest BCUT2D eigenvalue weighted by Gasteiger charge is -2.38. The Morgan fingerprint density at radius 3 is 2.45 bits per heavy atom. The van der Waals surface area contributed by atoms with E-state index in [1.165, 1.54) is 12.1 Å². The van der Waals surface area contributed by atoms with Crippen LogP contribution in [0.4, 0.5) is 10.1 Å². The summed E-state index contributed by atoms with van der Waals surface area (Å²) in [5, 5.41) is 10.4. The summed E-state index contributed by atoms with van der Waals surface area (Å²) in [6, 6.07) is 13.4. The van der Waals surface area contributed by atoms with E-state index in [9.17, 15) is 14.4 Å². The Balaban J connectivity index is 1.63. The van der Waals surface area contributed by atoms with Crippen molar-refractivity contribution < 1.29 is 13.9 Å². The maximum Gasteiger partial charge on any atom is 0.254 e. The average molecular weight is 487 g/mol. The van der Waals surface area contributed by atoms with E-state index in [0.29, 0.717) is 48.1 Å². The van der Waals surface area contributed by atoms with Crippen LogP contribution in [0.3, 0.4) is 0 Å². The highest BCUT2D eigenvalue weighted by atomic mass is 35.5. The van der Waals surface area contributed by atoms with Crippen LogP contribution in [0.15, 0.2) is 65.3 Å². The van der Waals surface area contributed by atoms with Crippen molar-refractivity contribution >= 4 is 34.8 Å². The van der Waals surface area contributed by atoms with Gasteiger partial charge in [0, 0.05) is 31.9 Å². The maximum atomic E-state index is 13.7. The number of rotatable bonds is 3. The lowest BCUT2D eigenvalue weighted by atomic mass is 9.82. The summed E-state index contributed by atoms with van der Waals surface area (Å²) >= 11 is 12.7.